The fourth-order valence-corrected chi connectivity index (χ4v) is 6.54. The zero-order valence-electron chi connectivity index (χ0n) is 30.3. The molecule has 16 atom stereocenters. The predicted octanol–water partition coefficient (Wildman–Crippen LogP) is -4.24. The molecule has 9 N–H and O–H groups in total. The maximum Gasteiger partial charge on any atom is 0.166 e. The lowest BCUT2D eigenvalue weighted by atomic mass is 9.87. The first-order valence-corrected chi connectivity index (χ1v) is 19.4. The molecule has 0 aromatic carbocycles. The van der Waals surface area contributed by atoms with Crippen LogP contribution in [0.3, 0.4) is 0 Å². The maximum atomic E-state index is 11.9. The van der Waals surface area contributed by atoms with E-state index in [1.807, 2.05) is 0 Å². The van der Waals surface area contributed by atoms with Gasteiger partial charge in [-0.05, 0) is 6.42 Å². The molecule has 0 aromatic rings. The molecule has 314 valence electrons. The maximum absolute atomic E-state index is 11.9. The highest BCUT2D eigenvalue weighted by Gasteiger charge is 2.45. The van der Waals surface area contributed by atoms with E-state index in [1.54, 1.807) is 20.8 Å². The molecule has 0 radical (unpaired) electrons. The summed E-state index contributed by atoms with van der Waals surface area (Å²) in [6.07, 6.45) is -14.4. The van der Waals surface area contributed by atoms with E-state index in [2.05, 4.69) is 0 Å². The van der Waals surface area contributed by atoms with Crippen molar-refractivity contribution in [2.24, 2.45) is 23.2 Å². The van der Waals surface area contributed by atoms with Crippen molar-refractivity contribution in [3.63, 3.8) is 0 Å². The van der Waals surface area contributed by atoms with Gasteiger partial charge in [0.2, 0.25) is 0 Å². The number of hydrogen-bond donors (Lipinski definition) is 9. The van der Waals surface area contributed by atoms with Gasteiger partial charge in [0, 0.05) is 29.8 Å². The summed E-state index contributed by atoms with van der Waals surface area (Å²) >= 11 is 0. The first-order chi connectivity index (χ1) is 25.0. The minimum atomic E-state index is -4.17. The Morgan fingerprint density at radius 3 is 1.15 bits per heavy atom. The zero-order valence-corrected chi connectivity index (χ0v) is 31.2. The van der Waals surface area contributed by atoms with Crippen LogP contribution in [0.15, 0.2) is 0 Å². The molecule has 21 nitrogen and oxygen atoms in total. The number of hydrogen-bond acceptors (Lipinski definition) is 21. The number of aliphatic hydroxyl groups is 9. The molecule has 53 heavy (non-hydrogen) atoms. The highest BCUT2D eigenvalue weighted by Crippen LogP contribution is 2.35. The molecule has 0 aliphatic carbocycles. The molecule has 0 bridgehead atoms. The van der Waals surface area contributed by atoms with Crippen LogP contribution in [0.1, 0.15) is 27.2 Å². The Hall–Kier alpha value is -0.570. The number of rotatable bonds is 22. The van der Waals surface area contributed by atoms with Crippen LogP contribution in [0, 0.1) is 23.2 Å². The van der Waals surface area contributed by atoms with E-state index >= 15 is 0 Å². The van der Waals surface area contributed by atoms with Crippen LogP contribution in [-0.2, 0) is 51.7 Å². The van der Waals surface area contributed by atoms with Gasteiger partial charge in [-0.1, -0.05) is 20.8 Å². The van der Waals surface area contributed by atoms with E-state index in [0.29, 0.717) is 0 Å². The first kappa shape index (κ1) is 46.8. The molecule has 16 unspecified atom stereocenters. The quantitative estimate of drug-likeness (QED) is 0.0285. The molecule has 3 aliphatic heterocycles. The lowest BCUT2D eigenvalue weighted by Gasteiger charge is -2.41. The summed E-state index contributed by atoms with van der Waals surface area (Å²) in [5, 5.41) is 90.1. The monoisotopic (exact) mass is 797 g/mol. The highest BCUT2D eigenvalue weighted by molar-refractivity contribution is 7.50. The largest absolute Gasteiger partial charge is 0.779 e. The second-order valence-corrected chi connectivity index (χ2v) is 15.8. The summed E-state index contributed by atoms with van der Waals surface area (Å²) in [6.45, 7) is 1.51. The van der Waals surface area contributed by atoms with Crippen LogP contribution < -0.4 is 4.89 Å². The van der Waals surface area contributed by atoms with Crippen molar-refractivity contribution in [3.8, 4) is 0 Å². The van der Waals surface area contributed by atoms with Gasteiger partial charge < -0.3 is 103 Å². The van der Waals surface area contributed by atoms with Crippen molar-refractivity contribution >= 4 is 7.60 Å². The van der Waals surface area contributed by atoms with Crippen LogP contribution in [0.5, 0.6) is 0 Å². The first-order valence-electron chi connectivity index (χ1n) is 17.4. The van der Waals surface area contributed by atoms with Gasteiger partial charge in [-0.15, -0.1) is 0 Å². The second-order valence-electron chi connectivity index (χ2n) is 14.0. The van der Waals surface area contributed by atoms with Gasteiger partial charge >= 0.3 is 0 Å². The Kier molecular flexibility index (Phi) is 19.3. The summed E-state index contributed by atoms with van der Waals surface area (Å²) in [5.41, 5.74) is -1.22. The summed E-state index contributed by atoms with van der Waals surface area (Å²) in [5.74, 6) is -2.14. The smallest absolute Gasteiger partial charge is 0.166 e. The number of aliphatic hydroxyl groups excluding tert-OH is 9. The van der Waals surface area contributed by atoms with Crippen molar-refractivity contribution in [1.29, 1.82) is 0 Å². The minimum Gasteiger partial charge on any atom is -0.779 e. The molecule has 3 saturated heterocycles. The fourth-order valence-electron chi connectivity index (χ4n) is 6.12. The van der Waals surface area contributed by atoms with Crippen LogP contribution >= 0.6 is 7.60 Å². The van der Waals surface area contributed by atoms with Gasteiger partial charge in [-0.25, -0.2) is 0 Å². The fraction of sp³-hybridized carbons (Fsp3) is 1.00. The van der Waals surface area contributed by atoms with Gasteiger partial charge in [0.15, 0.2) is 18.9 Å². The lowest BCUT2D eigenvalue weighted by Crippen LogP contribution is -2.55. The Morgan fingerprint density at radius 2 is 0.887 bits per heavy atom. The summed E-state index contributed by atoms with van der Waals surface area (Å²) in [7, 11) is -4.17. The van der Waals surface area contributed by atoms with Crippen molar-refractivity contribution in [2.75, 3.05) is 73.3 Å². The Balaban J connectivity index is 1.71. The lowest BCUT2D eigenvalue weighted by molar-refractivity contribution is -0.310. The summed E-state index contributed by atoms with van der Waals surface area (Å²) in [4.78, 5) is 11.9. The van der Waals surface area contributed by atoms with Crippen LogP contribution in [0.25, 0.3) is 0 Å². The van der Waals surface area contributed by atoms with Crippen LogP contribution in [0.4, 0.5) is 0 Å². The average Bonchev–Trinajstić information content (AvgIpc) is 3.12. The topological polar surface area (TPSA) is 314 Å². The normalized spacial score (nSPS) is 40.5. The van der Waals surface area contributed by atoms with E-state index in [9.17, 15) is 55.4 Å². The third-order valence-corrected chi connectivity index (χ3v) is 10.3. The van der Waals surface area contributed by atoms with Crippen molar-refractivity contribution in [2.45, 2.75) is 101 Å². The van der Waals surface area contributed by atoms with Gasteiger partial charge in [0.1, 0.15) is 64.6 Å². The molecular formula is C31H58O21P-. The van der Waals surface area contributed by atoms with Gasteiger partial charge in [0.05, 0.1) is 64.6 Å². The molecule has 0 spiro atoms. The molecule has 22 heteroatoms. The van der Waals surface area contributed by atoms with E-state index in [4.69, 9.17) is 47.2 Å². The molecule has 3 aliphatic rings. The van der Waals surface area contributed by atoms with Gasteiger partial charge in [-0.2, -0.15) is 0 Å². The van der Waals surface area contributed by atoms with Crippen molar-refractivity contribution in [3.05, 3.63) is 0 Å². The highest BCUT2D eigenvalue weighted by atomic mass is 31.2. The predicted molar refractivity (Wildman–Crippen MR) is 173 cm³/mol. The minimum absolute atomic E-state index is 0.0530. The van der Waals surface area contributed by atoms with Crippen molar-refractivity contribution < 1.29 is 103 Å². The molecule has 3 rings (SSSR count). The van der Waals surface area contributed by atoms with E-state index in [0.717, 1.165) is 6.66 Å². The molecular weight excluding hydrogens is 739 g/mol. The average molecular weight is 798 g/mol. The standard InChI is InChI=1S/C31H59O21P/c1-16-22(35)25(38)19(7-32)50-28(16)46-13-43-10-31(5-6-49-53(4,41)42,11-44-14-47-29-17(2)23(36)26(39)20(8-33)51-29)12-45-15-48-30-18(3)24(37)27(40)21(9-34)52-30/h16-30,32-40H,5-15H2,1-4H3,(H,41,42)/p-1. The molecule has 3 fully saturated rings. The van der Waals surface area contributed by atoms with E-state index < -0.39 is 145 Å². The summed E-state index contributed by atoms with van der Waals surface area (Å²) in [6, 6.07) is 0. The van der Waals surface area contributed by atoms with Crippen molar-refractivity contribution in [1.82, 2.24) is 0 Å². The molecule has 0 aromatic heterocycles. The SMILES string of the molecule is CC1C(OCOCC(CCOP(C)(=O)[O-])(COCOC2OC(CO)C(O)C(O)C2C)COCOC2OC(CO)C(O)C(O)C2C)OC(CO)C(O)C1O. The zero-order chi connectivity index (χ0) is 39.5. The Bertz CT molecular complexity index is 973. The molecule has 0 saturated carbocycles. The van der Waals surface area contributed by atoms with Gasteiger partial charge in [-0.3, -0.25) is 0 Å². The molecule has 3 heterocycles. The van der Waals surface area contributed by atoms with E-state index in [-0.39, 0.29) is 32.8 Å². The Morgan fingerprint density at radius 1 is 0.585 bits per heavy atom. The molecule has 0 amide bonds. The van der Waals surface area contributed by atoms with E-state index in [1.165, 1.54) is 0 Å². The van der Waals surface area contributed by atoms with Gasteiger partial charge in [0.25, 0.3) is 0 Å². The summed E-state index contributed by atoms with van der Waals surface area (Å²) < 4.78 is 68.0. The van der Waals surface area contributed by atoms with Crippen LogP contribution in [0.2, 0.25) is 0 Å². The van der Waals surface area contributed by atoms with Crippen LogP contribution in [-0.4, -0.2) is 193 Å². The number of ether oxygens (including phenoxy) is 9. The Labute approximate surface area is 307 Å². The second kappa shape index (κ2) is 21.8. The third kappa shape index (κ3) is 13.2. The third-order valence-electron chi connectivity index (χ3n) is 9.69.